The molecule has 0 saturated carbocycles. The van der Waals surface area contributed by atoms with Gasteiger partial charge in [-0.3, -0.25) is 15.0 Å². The molecule has 0 fully saturated rings. The van der Waals surface area contributed by atoms with E-state index in [1.807, 2.05) is 13.0 Å². The SMILES string of the molecule is CCc1c(C(=O)OC)[nH]c(=O)n1Cc1cccc(C(=N)N)c1. The Kier molecular flexibility index (Phi) is 4.45. The molecular formula is C15H18N4O3. The van der Waals surface area contributed by atoms with Crippen molar-refractivity contribution in [2.45, 2.75) is 19.9 Å². The fourth-order valence-electron chi connectivity index (χ4n) is 2.33. The lowest BCUT2D eigenvalue weighted by atomic mass is 10.1. The van der Waals surface area contributed by atoms with Gasteiger partial charge in [-0.2, -0.15) is 0 Å². The van der Waals surface area contributed by atoms with Crippen LogP contribution >= 0.6 is 0 Å². The molecule has 0 saturated heterocycles. The molecule has 0 radical (unpaired) electrons. The van der Waals surface area contributed by atoms with Crippen molar-refractivity contribution in [1.29, 1.82) is 5.41 Å². The van der Waals surface area contributed by atoms with E-state index in [1.165, 1.54) is 11.7 Å². The van der Waals surface area contributed by atoms with Gasteiger partial charge in [-0.05, 0) is 18.1 Å². The molecular weight excluding hydrogens is 284 g/mol. The van der Waals surface area contributed by atoms with Gasteiger partial charge in [0.1, 0.15) is 11.5 Å². The average molecular weight is 302 g/mol. The smallest absolute Gasteiger partial charge is 0.356 e. The summed E-state index contributed by atoms with van der Waals surface area (Å²) in [6, 6.07) is 7.09. The van der Waals surface area contributed by atoms with Crippen LogP contribution in [0.15, 0.2) is 29.1 Å². The lowest BCUT2D eigenvalue weighted by Gasteiger charge is -2.08. The van der Waals surface area contributed by atoms with Crippen LogP contribution in [-0.4, -0.2) is 28.5 Å². The number of nitrogens with zero attached hydrogens (tertiary/aromatic N) is 1. The third kappa shape index (κ3) is 2.93. The first-order valence-electron chi connectivity index (χ1n) is 6.81. The number of rotatable bonds is 5. The Balaban J connectivity index is 2.44. The van der Waals surface area contributed by atoms with Gasteiger partial charge in [0.05, 0.1) is 19.3 Å². The van der Waals surface area contributed by atoms with Crippen LogP contribution in [0, 0.1) is 5.41 Å². The van der Waals surface area contributed by atoms with Crippen LogP contribution < -0.4 is 11.4 Å². The summed E-state index contributed by atoms with van der Waals surface area (Å²) in [6.45, 7) is 2.15. The molecule has 1 aromatic heterocycles. The van der Waals surface area contributed by atoms with Gasteiger partial charge < -0.3 is 10.5 Å². The highest BCUT2D eigenvalue weighted by Gasteiger charge is 2.19. The first-order chi connectivity index (χ1) is 10.5. The Bertz CT molecular complexity index is 773. The number of imidazole rings is 1. The minimum Gasteiger partial charge on any atom is -0.464 e. The molecule has 1 heterocycles. The lowest BCUT2D eigenvalue weighted by Crippen LogP contribution is -2.20. The summed E-state index contributed by atoms with van der Waals surface area (Å²) in [5, 5.41) is 7.46. The number of amidine groups is 1. The molecule has 116 valence electrons. The minimum atomic E-state index is -0.565. The molecule has 0 amide bonds. The number of carbonyl (C=O) groups excluding carboxylic acids is 1. The van der Waals surface area contributed by atoms with E-state index in [9.17, 15) is 9.59 Å². The first kappa shape index (κ1) is 15.6. The molecule has 7 heteroatoms. The molecule has 0 aliphatic rings. The number of nitrogens with one attached hydrogen (secondary N) is 2. The van der Waals surface area contributed by atoms with E-state index in [0.717, 1.165) is 5.56 Å². The fourth-order valence-corrected chi connectivity index (χ4v) is 2.33. The van der Waals surface area contributed by atoms with Gasteiger partial charge in [-0.1, -0.05) is 25.1 Å². The maximum atomic E-state index is 12.1. The zero-order valence-electron chi connectivity index (χ0n) is 12.5. The lowest BCUT2D eigenvalue weighted by molar-refractivity contribution is 0.0593. The highest BCUT2D eigenvalue weighted by molar-refractivity contribution is 5.95. The second-order valence-corrected chi connectivity index (χ2v) is 4.80. The number of carbonyl (C=O) groups is 1. The summed E-state index contributed by atoms with van der Waals surface area (Å²) < 4.78 is 6.17. The molecule has 1 aromatic carbocycles. The van der Waals surface area contributed by atoms with Gasteiger partial charge in [0, 0.05) is 5.56 Å². The van der Waals surface area contributed by atoms with Gasteiger partial charge in [0.2, 0.25) is 0 Å². The van der Waals surface area contributed by atoms with Crippen LogP contribution in [0.5, 0.6) is 0 Å². The number of methoxy groups -OCH3 is 1. The molecule has 0 aliphatic carbocycles. The number of ether oxygens (including phenoxy) is 1. The van der Waals surface area contributed by atoms with Crippen LogP contribution in [0.2, 0.25) is 0 Å². The summed E-state index contributed by atoms with van der Waals surface area (Å²) in [5.41, 5.74) is 7.28. The van der Waals surface area contributed by atoms with Crippen LogP contribution in [0.3, 0.4) is 0 Å². The van der Waals surface area contributed by atoms with E-state index < -0.39 is 5.97 Å². The van der Waals surface area contributed by atoms with Crippen molar-refractivity contribution in [3.8, 4) is 0 Å². The Morgan fingerprint density at radius 2 is 2.18 bits per heavy atom. The highest BCUT2D eigenvalue weighted by atomic mass is 16.5. The number of nitrogens with two attached hydrogens (primary N) is 1. The number of aromatic nitrogens is 2. The van der Waals surface area contributed by atoms with Gasteiger partial charge in [-0.25, -0.2) is 9.59 Å². The summed E-state index contributed by atoms with van der Waals surface area (Å²) in [6.07, 6.45) is 0.509. The molecule has 0 spiro atoms. The van der Waals surface area contributed by atoms with Gasteiger partial charge in [0.15, 0.2) is 0 Å². The topological polar surface area (TPSA) is 114 Å². The summed E-state index contributed by atoms with van der Waals surface area (Å²) in [4.78, 5) is 26.3. The second kappa shape index (κ2) is 6.30. The summed E-state index contributed by atoms with van der Waals surface area (Å²) in [5.74, 6) is -0.598. The third-order valence-electron chi connectivity index (χ3n) is 3.39. The van der Waals surface area contributed by atoms with E-state index in [0.29, 0.717) is 17.7 Å². The molecule has 0 unspecified atom stereocenters. The predicted molar refractivity (Wildman–Crippen MR) is 82.3 cm³/mol. The maximum absolute atomic E-state index is 12.1. The third-order valence-corrected chi connectivity index (χ3v) is 3.39. The Hall–Kier alpha value is -2.83. The van der Waals surface area contributed by atoms with Crippen molar-refractivity contribution in [2.75, 3.05) is 7.11 Å². The zero-order valence-corrected chi connectivity index (χ0v) is 12.5. The van der Waals surface area contributed by atoms with Crippen molar-refractivity contribution in [1.82, 2.24) is 9.55 Å². The number of hydrogen-bond acceptors (Lipinski definition) is 4. The van der Waals surface area contributed by atoms with Crippen molar-refractivity contribution in [3.63, 3.8) is 0 Å². The van der Waals surface area contributed by atoms with E-state index in [-0.39, 0.29) is 23.8 Å². The summed E-state index contributed by atoms with van der Waals surface area (Å²) >= 11 is 0. The standard InChI is InChI=1S/C15H18N4O3/c1-3-11-12(14(20)22-2)18-15(21)19(11)8-9-5-4-6-10(7-9)13(16)17/h4-7H,3,8H2,1-2H3,(H3,16,17)(H,18,21). The van der Waals surface area contributed by atoms with Crippen molar-refractivity contribution >= 4 is 11.8 Å². The number of aromatic amines is 1. The molecule has 0 aliphatic heterocycles. The molecule has 2 rings (SSSR count). The van der Waals surface area contributed by atoms with Crippen LogP contribution in [0.4, 0.5) is 0 Å². The van der Waals surface area contributed by atoms with E-state index in [2.05, 4.69) is 9.72 Å². The molecule has 2 aromatic rings. The van der Waals surface area contributed by atoms with Crippen molar-refractivity contribution in [3.05, 3.63) is 57.3 Å². The van der Waals surface area contributed by atoms with E-state index >= 15 is 0 Å². The molecule has 4 N–H and O–H groups in total. The predicted octanol–water partition coefficient (Wildman–Crippen LogP) is 0.858. The largest absolute Gasteiger partial charge is 0.464 e. The maximum Gasteiger partial charge on any atom is 0.356 e. The van der Waals surface area contributed by atoms with E-state index in [4.69, 9.17) is 11.1 Å². The zero-order chi connectivity index (χ0) is 16.3. The van der Waals surface area contributed by atoms with Gasteiger partial charge in [0.25, 0.3) is 0 Å². The fraction of sp³-hybridized carbons (Fsp3) is 0.267. The molecule has 7 nitrogen and oxygen atoms in total. The second-order valence-electron chi connectivity index (χ2n) is 4.80. The van der Waals surface area contributed by atoms with Gasteiger partial charge >= 0.3 is 11.7 Å². The Morgan fingerprint density at radius 1 is 1.45 bits per heavy atom. The van der Waals surface area contributed by atoms with Gasteiger partial charge in [-0.15, -0.1) is 0 Å². The number of benzene rings is 1. The van der Waals surface area contributed by atoms with Crippen molar-refractivity contribution < 1.29 is 9.53 Å². The van der Waals surface area contributed by atoms with Crippen LogP contribution in [-0.2, 0) is 17.7 Å². The number of nitrogen functional groups attached to an aromatic ring is 1. The minimum absolute atomic E-state index is 0.0331. The average Bonchev–Trinajstić information content (AvgIpc) is 2.83. The molecule has 0 atom stereocenters. The summed E-state index contributed by atoms with van der Waals surface area (Å²) in [7, 11) is 1.27. The molecule has 0 bridgehead atoms. The first-order valence-corrected chi connectivity index (χ1v) is 6.81. The normalized spacial score (nSPS) is 10.5. The van der Waals surface area contributed by atoms with Crippen LogP contribution in [0.1, 0.15) is 34.2 Å². The number of H-pyrrole nitrogens is 1. The monoisotopic (exact) mass is 302 g/mol. The molecule has 22 heavy (non-hydrogen) atoms. The number of hydrogen-bond donors (Lipinski definition) is 3. The quantitative estimate of drug-likeness (QED) is 0.431. The Labute approximate surface area is 127 Å². The Morgan fingerprint density at radius 3 is 2.77 bits per heavy atom. The highest BCUT2D eigenvalue weighted by Crippen LogP contribution is 2.11. The van der Waals surface area contributed by atoms with Crippen molar-refractivity contribution in [2.24, 2.45) is 5.73 Å². The van der Waals surface area contributed by atoms with Crippen LogP contribution in [0.25, 0.3) is 0 Å². The van der Waals surface area contributed by atoms with E-state index in [1.54, 1.807) is 18.2 Å². The number of esters is 1.